The minimum atomic E-state index is -4.87. The molecule has 92 valence electrons. The molecular weight excluding hydrogens is 244 g/mol. The molecule has 0 aliphatic rings. The van der Waals surface area contributed by atoms with Crippen molar-refractivity contribution in [2.75, 3.05) is 0 Å². The molecule has 0 aromatic heterocycles. The van der Waals surface area contributed by atoms with Crippen molar-refractivity contribution in [3.63, 3.8) is 0 Å². The molecule has 0 nitrogen and oxygen atoms in total. The first-order chi connectivity index (χ1) is 7.69. The second-order valence-electron chi connectivity index (χ2n) is 4.14. The lowest BCUT2D eigenvalue weighted by molar-refractivity contribution is 0.467. The summed E-state index contributed by atoms with van der Waals surface area (Å²) in [5.74, 6) is 2.45. The average Bonchev–Trinajstić information content (AvgIpc) is 2.21. The summed E-state index contributed by atoms with van der Waals surface area (Å²) in [4.78, 5) is 0.554. The second-order valence-corrected chi connectivity index (χ2v) is 4.58. The van der Waals surface area contributed by atoms with Gasteiger partial charge in [0.15, 0.2) is 0 Å². The number of hydrogen-bond acceptors (Lipinski definition) is 1. The van der Waals surface area contributed by atoms with E-state index in [1.54, 1.807) is 20.8 Å². The van der Waals surface area contributed by atoms with Crippen molar-refractivity contribution in [2.45, 2.75) is 32.0 Å². The van der Waals surface area contributed by atoms with E-state index in [-0.39, 0.29) is 5.56 Å². The molecule has 0 heterocycles. The van der Waals surface area contributed by atoms with Crippen LogP contribution in [0.3, 0.4) is 0 Å². The minimum Gasteiger partial charge on any atom is -0.449 e. The number of hydrogen-bond donors (Lipinski definition) is 1. The molecule has 0 aliphatic carbocycles. The number of benzene rings is 1. The molecule has 0 amide bonds. The predicted molar refractivity (Wildman–Crippen MR) is 68.6 cm³/mol. The SMILES string of the molecule is C#Cc1c(C)c(S)c(C)c(C[B-](F)(F)F)c1C. The Morgan fingerprint density at radius 3 is 2.06 bits per heavy atom. The molecule has 0 atom stereocenters. The molecule has 0 saturated heterocycles. The van der Waals surface area contributed by atoms with Crippen molar-refractivity contribution in [2.24, 2.45) is 0 Å². The Morgan fingerprint density at radius 2 is 1.65 bits per heavy atom. The van der Waals surface area contributed by atoms with Crippen LogP contribution >= 0.6 is 12.6 Å². The van der Waals surface area contributed by atoms with Crippen LogP contribution in [0.4, 0.5) is 12.9 Å². The zero-order valence-electron chi connectivity index (χ0n) is 9.94. The lowest BCUT2D eigenvalue weighted by atomic mass is 9.77. The molecule has 0 aliphatic heterocycles. The summed E-state index contributed by atoms with van der Waals surface area (Å²) in [7, 11) is 0. The van der Waals surface area contributed by atoms with Crippen LogP contribution in [0.15, 0.2) is 4.90 Å². The van der Waals surface area contributed by atoms with E-state index in [4.69, 9.17) is 6.42 Å². The van der Waals surface area contributed by atoms with E-state index in [0.29, 0.717) is 21.6 Å². The molecule has 0 fully saturated rings. The Morgan fingerprint density at radius 1 is 1.12 bits per heavy atom. The first kappa shape index (κ1) is 14.0. The third kappa shape index (κ3) is 2.81. The molecule has 1 aromatic rings. The maximum Gasteiger partial charge on any atom is 0.482 e. The van der Waals surface area contributed by atoms with Crippen LogP contribution in [0.5, 0.6) is 0 Å². The van der Waals surface area contributed by atoms with Crippen molar-refractivity contribution in [1.29, 1.82) is 0 Å². The largest absolute Gasteiger partial charge is 0.482 e. The highest BCUT2D eigenvalue weighted by Crippen LogP contribution is 2.31. The summed E-state index contributed by atoms with van der Waals surface area (Å²) in [6, 6.07) is 0. The maximum absolute atomic E-state index is 12.6. The van der Waals surface area contributed by atoms with E-state index in [1.807, 2.05) is 0 Å². The Labute approximate surface area is 105 Å². The molecule has 0 radical (unpaired) electrons. The van der Waals surface area contributed by atoms with Gasteiger partial charge in [0.05, 0.1) is 0 Å². The molecule has 1 rings (SSSR count). The minimum absolute atomic E-state index is 0.265. The van der Waals surface area contributed by atoms with Gasteiger partial charge in [-0.2, -0.15) is 0 Å². The zero-order chi connectivity index (χ0) is 13.4. The lowest BCUT2D eigenvalue weighted by Crippen LogP contribution is -2.21. The van der Waals surface area contributed by atoms with Gasteiger partial charge in [-0.25, -0.2) is 0 Å². The molecule has 0 N–H and O–H groups in total. The Kier molecular flexibility index (Phi) is 3.88. The second kappa shape index (κ2) is 4.69. The van der Waals surface area contributed by atoms with E-state index in [1.165, 1.54) is 0 Å². The fraction of sp³-hybridized carbons (Fsp3) is 0.333. The van der Waals surface area contributed by atoms with Gasteiger partial charge in [-0.05, 0) is 37.5 Å². The van der Waals surface area contributed by atoms with Crippen LogP contribution < -0.4 is 0 Å². The topological polar surface area (TPSA) is 0 Å². The standard InChI is InChI=1S/C12H13BF3S/c1-5-10-7(2)11(6-13(14,15)16)9(4)12(17)8(10)3/h1,17H,6H2,2-4H3/q-1. The van der Waals surface area contributed by atoms with E-state index >= 15 is 0 Å². The van der Waals surface area contributed by atoms with Crippen molar-refractivity contribution < 1.29 is 12.9 Å². The van der Waals surface area contributed by atoms with Crippen molar-refractivity contribution >= 4 is 19.6 Å². The summed E-state index contributed by atoms with van der Waals surface area (Å²) in [5.41, 5.74) is 2.67. The third-order valence-corrected chi connectivity index (χ3v) is 3.62. The Balaban J connectivity index is 3.52. The van der Waals surface area contributed by atoms with Crippen LogP contribution in [0, 0.1) is 33.1 Å². The van der Waals surface area contributed by atoms with Gasteiger partial charge < -0.3 is 12.9 Å². The summed E-state index contributed by atoms with van der Waals surface area (Å²) in [6.07, 6.45) is 4.44. The van der Waals surface area contributed by atoms with Crippen molar-refractivity contribution in [3.8, 4) is 12.3 Å². The molecule has 0 spiro atoms. The third-order valence-electron chi connectivity index (χ3n) is 2.95. The predicted octanol–water partition coefficient (Wildman–Crippen LogP) is 3.81. The van der Waals surface area contributed by atoms with E-state index in [2.05, 4.69) is 18.5 Å². The van der Waals surface area contributed by atoms with E-state index < -0.39 is 13.3 Å². The highest BCUT2D eigenvalue weighted by Gasteiger charge is 2.26. The number of halogens is 3. The number of terminal acetylenes is 1. The summed E-state index contributed by atoms with van der Waals surface area (Å²) < 4.78 is 37.7. The molecule has 0 unspecified atom stereocenters. The Hall–Kier alpha value is -1.02. The van der Waals surface area contributed by atoms with Gasteiger partial charge in [0.25, 0.3) is 0 Å². The number of rotatable bonds is 2. The summed E-state index contributed by atoms with van der Waals surface area (Å²) in [5, 5.41) is 0. The molecule has 17 heavy (non-hydrogen) atoms. The smallest absolute Gasteiger partial charge is 0.449 e. The highest BCUT2D eigenvalue weighted by atomic mass is 32.1. The molecule has 0 bridgehead atoms. The van der Waals surface area contributed by atoms with Crippen LogP contribution in [0.2, 0.25) is 0 Å². The first-order valence-electron chi connectivity index (χ1n) is 5.18. The maximum atomic E-state index is 12.6. The van der Waals surface area contributed by atoms with Crippen molar-refractivity contribution in [1.82, 2.24) is 0 Å². The monoisotopic (exact) mass is 257 g/mol. The normalized spacial score (nSPS) is 11.4. The van der Waals surface area contributed by atoms with Crippen LogP contribution in [-0.2, 0) is 6.32 Å². The van der Waals surface area contributed by atoms with Gasteiger partial charge in [0.1, 0.15) is 0 Å². The molecule has 1 aromatic carbocycles. The molecule has 5 heteroatoms. The lowest BCUT2D eigenvalue weighted by Gasteiger charge is -2.21. The van der Waals surface area contributed by atoms with Gasteiger partial charge >= 0.3 is 6.98 Å². The quantitative estimate of drug-likeness (QED) is 0.465. The molecular formula is C12H13BF3S-. The van der Waals surface area contributed by atoms with E-state index in [9.17, 15) is 12.9 Å². The molecule has 0 saturated carbocycles. The van der Waals surface area contributed by atoms with Crippen LogP contribution in [0.25, 0.3) is 0 Å². The van der Waals surface area contributed by atoms with Gasteiger partial charge in [-0.1, -0.05) is 17.8 Å². The van der Waals surface area contributed by atoms with Gasteiger partial charge in [0.2, 0.25) is 0 Å². The van der Waals surface area contributed by atoms with Gasteiger partial charge in [0, 0.05) is 10.5 Å². The average molecular weight is 257 g/mol. The van der Waals surface area contributed by atoms with Gasteiger partial charge in [-0.3, -0.25) is 0 Å². The fourth-order valence-electron chi connectivity index (χ4n) is 2.01. The Bertz CT molecular complexity index is 498. The zero-order valence-corrected chi connectivity index (χ0v) is 10.8. The van der Waals surface area contributed by atoms with Crippen LogP contribution in [-0.4, -0.2) is 6.98 Å². The van der Waals surface area contributed by atoms with Crippen LogP contribution in [0.1, 0.15) is 27.8 Å². The number of thiol groups is 1. The first-order valence-corrected chi connectivity index (χ1v) is 5.63. The highest BCUT2D eigenvalue weighted by molar-refractivity contribution is 7.80. The van der Waals surface area contributed by atoms with Gasteiger partial charge in [-0.15, -0.1) is 19.1 Å². The van der Waals surface area contributed by atoms with Crippen molar-refractivity contribution in [3.05, 3.63) is 27.8 Å². The summed E-state index contributed by atoms with van der Waals surface area (Å²) >= 11 is 4.25. The summed E-state index contributed by atoms with van der Waals surface area (Å²) in [6.45, 7) is 0.200. The van der Waals surface area contributed by atoms with E-state index in [0.717, 1.165) is 5.56 Å². The fourth-order valence-corrected chi connectivity index (χ4v) is 2.26.